The first-order valence-electron chi connectivity index (χ1n) is 11.9. The number of hydrogen-bond donors (Lipinski definition) is 0. The van der Waals surface area contributed by atoms with Gasteiger partial charge in [-0.2, -0.15) is 5.10 Å². The van der Waals surface area contributed by atoms with Crippen molar-refractivity contribution in [1.29, 1.82) is 0 Å². The average molecular weight is 494 g/mol. The lowest BCUT2D eigenvalue weighted by molar-refractivity contribution is -0.129. The van der Waals surface area contributed by atoms with Crippen molar-refractivity contribution in [2.24, 2.45) is 0 Å². The van der Waals surface area contributed by atoms with Gasteiger partial charge in [0.05, 0.1) is 24.1 Å². The highest BCUT2D eigenvalue weighted by Crippen LogP contribution is 2.31. The smallest absolute Gasteiger partial charge is 0.253 e. The lowest BCUT2D eigenvalue weighted by Crippen LogP contribution is -2.49. The number of fused-ring (bicyclic) bond motifs is 1. The number of anilines is 1. The summed E-state index contributed by atoms with van der Waals surface area (Å²) in [6, 6.07) is 7.01. The molecule has 1 saturated heterocycles. The van der Waals surface area contributed by atoms with Gasteiger partial charge >= 0.3 is 0 Å². The van der Waals surface area contributed by atoms with Crippen LogP contribution in [0, 0.1) is 0 Å². The highest BCUT2D eigenvalue weighted by Gasteiger charge is 2.29. The first-order chi connectivity index (χ1) is 16.9. The number of rotatable bonds is 4. The molecule has 2 aromatic heterocycles. The normalized spacial score (nSPS) is 15.8. The lowest BCUT2D eigenvalue weighted by atomic mass is 10.1. The summed E-state index contributed by atoms with van der Waals surface area (Å²) in [5, 5.41) is 5.04. The number of carbonyl (C=O) groups excluding carboxylic acids is 2. The molecule has 9 nitrogen and oxygen atoms in total. The first kappa shape index (κ1) is 23.3. The number of piperazine rings is 1. The molecule has 3 aromatic rings. The molecule has 0 atom stereocenters. The summed E-state index contributed by atoms with van der Waals surface area (Å²) in [6.45, 7) is 7.99. The van der Waals surface area contributed by atoms with Gasteiger partial charge in [-0.25, -0.2) is 9.97 Å². The number of aryl methyl sites for hydroxylation is 1. The van der Waals surface area contributed by atoms with Gasteiger partial charge in [-0.3, -0.25) is 14.3 Å². The summed E-state index contributed by atoms with van der Waals surface area (Å²) in [5.41, 5.74) is 4.08. The topological polar surface area (TPSA) is 87.5 Å². The Morgan fingerprint density at radius 1 is 0.971 bits per heavy atom. The number of carbonyl (C=O) groups is 2. The molecule has 182 valence electrons. The van der Waals surface area contributed by atoms with Gasteiger partial charge in [-0.1, -0.05) is 11.6 Å². The number of aromatic nitrogens is 4. The van der Waals surface area contributed by atoms with Crippen molar-refractivity contribution in [3.05, 3.63) is 58.6 Å². The molecule has 0 aliphatic carbocycles. The Morgan fingerprint density at radius 3 is 2.37 bits per heavy atom. The van der Waals surface area contributed by atoms with Crippen LogP contribution in [0.3, 0.4) is 0 Å². The van der Waals surface area contributed by atoms with Crippen LogP contribution in [0.1, 0.15) is 35.6 Å². The van der Waals surface area contributed by atoms with E-state index in [0.29, 0.717) is 56.3 Å². The van der Waals surface area contributed by atoms with Gasteiger partial charge in [0, 0.05) is 75.0 Å². The van der Waals surface area contributed by atoms with Gasteiger partial charge in [0.2, 0.25) is 5.91 Å². The highest BCUT2D eigenvalue weighted by atomic mass is 35.5. The standard InChI is InChI=1S/C25H28ClN7O2/c1-3-33-15-19(14-27-33)23-24(29-21-8-9-32(17(2)34)16-22(21)28-23)30-10-12-31(13-11-30)25(35)18-4-6-20(26)7-5-18/h4-7,14-15H,3,8-13,16H2,1-2H3. The maximum atomic E-state index is 12.9. The quantitative estimate of drug-likeness (QED) is 0.555. The van der Waals surface area contributed by atoms with Gasteiger partial charge in [-0.05, 0) is 31.2 Å². The van der Waals surface area contributed by atoms with Gasteiger partial charge < -0.3 is 14.7 Å². The molecule has 4 heterocycles. The van der Waals surface area contributed by atoms with Crippen LogP contribution in [0.4, 0.5) is 5.82 Å². The molecule has 0 N–H and O–H groups in total. The Hall–Kier alpha value is -3.46. The van der Waals surface area contributed by atoms with E-state index in [-0.39, 0.29) is 11.8 Å². The second kappa shape index (κ2) is 9.65. The Kier molecular flexibility index (Phi) is 6.42. The fourth-order valence-corrected chi connectivity index (χ4v) is 4.69. The minimum absolute atomic E-state index is 0.00612. The number of hydrogen-bond acceptors (Lipinski definition) is 6. The minimum atomic E-state index is 0.00612. The summed E-state index contributed by atoms with van der Waals surface area (Å²) in [7, 11) is 0. The van der Waals surface area contributed by atoms with Crippen molar-refractivity contribution in [2.45, 2.75) is 33.4 Å². The van der Waals surface area contributed by atoms with E-state index in [1.807, 2.05) is 28.9 Å². The molecular weight excluding hydrogens is 466 g/mol. The number of amides is 2. The molecule has 1 aromatic carbocycles. The van der Waals surface area contributed by atoms with E-state index in [2.05, 4.69) is 10.00 Å². The number of nitrogens with zero attached hydrogens (tertiary/aromatic N) is 7. The van der Waals surface area contributed by atoms with Crippen LogP contribution in [0.5, 0.6) is 0 Å². The Labute approximate surface area is 209 Å². The molecule has 0 saturated carbocycles. The van der Waals surface area contributed by atoms with Crippen molar-refractivity contribution in [3.63, 3.8) is 0 Å². The van der Waals surface area contributed by atoms with Gasteiger partial charge in [-0.15, -0.1) is 0 Å². The minimum Gasteiger partial charge on any atom is -0.351 e. The van der Waals surface area contributed by atoms with Crippen LogP contribution in [-0.4, -0.2) is 74.1 Å². The number of halogens is 1. The molecule has 5 rings (SSSR count). The van der Waals surface area contributed by atoms with E-state index in [9.17, 15) is 9.59 Å². The Morgan fingerprint density at radius 2 is 1.71 bits per heavy atom. The summed E-state index contributed by atoms with van der Waals surface area (Å²) >= 11 is 5.97. The SMILES string of the molecule is CCn1cc(-c2nc3c(nc2N2CCN(C(=O)c4ccc(Cl)cc4)CC2)CCN(C(C)=O)C3)cn1. The fourth-order valence-electron chi connectivity index (χ4n) is 4.56. The van der Waals surface area contributed by atoms with Crippen LogP contribution in [0.2, 0.25) is 5.02 Å². The summed E-state index contributed by atoms with van der Waals surface area (Å²) < 4.78 is 1.87. The van der Waals surface area contributed by atoms with E-state index in [1.165, 1.54) is 0 Å². The maximum Gasteiger partial charge on any atom is 0.253 e. The molecular formula is C25H28ClN7O2. The van der Waals surface area contributed by atoms with E-state index in [1.54, 1.807) is 36.1 Å². The van der Waals surface area contributed by atoms with Crippen LogP contribution < -0.4 is 4.90 Å². The predicted molar refractivity (Wildman–Crippen MR) is 133 cm³/mol. The second-order valence-electron chi connectivity index (χ2n) is 8.85. The van der Waals surface area contributed by atoms with Crippen molar-refractivity contribution in [2.75, 3.05) is 37.6 Å². The van der Waals surface area contributed by atoms with Gasteiger partial charge in [0.15, 0.2) is 5.82 Å². The third-order valence-electron chi connectivity index (χ3n) is 6.63. The third kappa shape index (κ3) is 4.73. The largest absolute Gasteiger partial charge is 0.351 e. The van der Waals surface area contributed by atoms with Gasteiger partial charge in [0.25, 0.3) is 5.91 Å². The fraction of sp³-hybridized carbons (Fsp3) is 0.400. The van der Waals surface area contributed by atoms with Crippen LogP contribution in [0.15, 0.2) is 36.7 Å². The summed E-state index contributed by atoms with van der Waals surface area (Å²) in [5.74, 6) is 0.865. The third-order valence-corrected chi connectivity index (χ3v) is 6.88. The average Bonchev–Trinajstić information content (AvgIpc) is 3.37. The lowest BCUT2D eigenvalue weighted by Gasteiger charge is -2.37. The zero-order valence-corrected chi connectivity index (χ0v) is 20.7. The number of benzene rings is 1. The molecule has 2 aliphatic heterocycles. The second-order valence-corrected chi connectivity index (χ2v) is 9.29. The van der Waals surface area contributed by atoms with Crippen molar-refractivity contribution >= 4 is 29.2 Å². The van der Waals surface area contributed by atoms with Crippen LogP contribution in [-0.2, 0) is 24.3 Å². The van der Waals surface area contributed by atoms with E-state index in [0.717, 1.165) is 35.0 Å². The van der Waals surface area contributed by atoms with E-state index >= 15 is 0 Å². The zero-order valence-electron chi connectivity index (χ0n) is 19.9. The van der Waals surface area contributed by atoms with Crippen molar-refractivity contribution in [3.8, 4) is 11.3 Å². The van der Waals surface area contributed by atoms with Crippen molar-refractivity contribution in [1.82, 2.24) is 29.5 Å². The molecule has 0 unspecified atom stereocenters. The molecule has 1 fully saturated rings. The molecule has 35 heavy (non-hydrogen) atoms. The van der Waals surface area contributed by atoms with Gasteiger partial charge in [0.1, 0.15) is 5.69 Å². The van der Waals surface area contributed by atoms with E-state index < -0.39 is 0 Å². The van der Waals surface area contributed by atoms with Crippen molar-refractivity contribution < 1.29 is 9.59 Å². The van der Waals surface area contributed by atoms with Crippen LogP contribution >= 0.6 is 11.6 Å². The summed E-state index contributed by atoms with van der Waals surface area (Å²) in [6.07, 6.45) is 4.47. The summed E-state index contributed by atoms with van der Waals surface area (Å²) in [4.78, 5) is 40.8. The maximum absolute atomic E-state index is 12.9. The molecule has 10 heteroatoms. The Balaban J connectivity index is 1.41. The Bertz CT molecular complexity index is 1250. The highest BCUT2D eigenvalue weighted by molar-refractivity contribution is 6.30. The molecule has 0 bridgehead atoms. The molecule has 0 radical (unpaired) electrons. The van der Waals surface area contributed by atoms with Crippen LogP contribution in [0.25, 0.3) is 11.3 Å². The molecule has 2 aliphatic rings. The zero-order chi connectivity index (χ0) is 24.5. The molecule has 2 amide bonds. The van der Waals surface area contributed by atoms with E-state index in [4.69, 9.17) is 21.6 Å². The first-order valence-corrected chi connectivity index (χ1v) is 12.3. The molecule has 0 spiro atoms. The monoisotopic (exact) mass is 493 g/mol. The predicted octanol–water partition coefficient (Wildman–Crippen LogP) is 2.88.